The van der Waals surface area contributed by atoms with Crippen LogP contribution in [0, 0.1) is 17.0 Å². The third kappa shape index (κ3) is 4.28. The Kier molecular flexibility index (Phi) is 5.76. The van der Waals surface area contributed by atoms with Crippen molar-refractivity contribution in [3.63, 3.8) is 0 Å². The van der Waals surface area contributed by atoms with E-state index in [9.17, 15) is 14.9 Å². The van der Waals surface area contributed by atoms with Crippen LogP contribution in [0.3, 0.4) is 0 Å². The van der Waals surface area contributed by atoms with Gasteiger partial charge in [0.25, 0.3) is 0 Å². The number of carbonyl (C=O) groups excluding carboxylic acids is 1. The second-order valence-electron chi connectivity index (χ2n) is 6.01. The van der Waals surface area contributed by atoms with Gasteiger partial charge in [0.05, 0.1) is 23.8 Å². The molecule has 0 spiro atoms. The average Bonchev–Trinajstić information content (AvgIpc) is 2.91. The zero-order valence-corrected chi connectivity index (χ0v) is 15.8. The number of rotatable bonds is 8. The number of aromatic nitrogens is 4. The minimum atomic E-state index is -0.518. The molecule has 0 saturated heterocycles. The molecule has 0 aliphatic heterocycles. The van der Waals surface area contributed by atoms with E-state index in [0.717, 1.165) is 0 Å². The molecule has 0 aromatic carbocycles. The molecule has 0 radical (unpaired) electrons. The van der Waals surface area contributed by atoms with Gasteiger partial charge >= 0.3 is 11.6 Å². The van der Waals surface area contributed by atoms with E-state index in [0.29, 0.717) is 42.3 Å². The quantitative estimate of drug-likeness (QED) is 0.302. The maximum absolute atomic E-state index is 11.3. The van der Waals surface area contributed by atoms with Crippen LogP contribution in [-0.2, 0) is 4.79 Å². The van der Waals surface area contributed by atoms with E-state index < -0.39 is 4.92 Å². The maximum Gasteiger partial charge on any atom is 0.352 e. The summed E-state index contributed by atoms with van der Waals surface area (Å²) < 4.78 is 7.02. The maximum atomic E-state index is 11.3. The molecule has 0 unspecified atom stereocenters. The van der Waals surface area contributed by atoms with Gasteiger partial charge in [0, 0.05) is 19.4 Å². The SMILES string of the molecule is Cc1c([N+](=O)[O-])c(OCCCNc2nc(Cl)ncc2Cl)nn1C1CC(=O)C1. The molecule has 2 heterocycles. The van der Waals surface area contributed by atoms with E-state index in [4.69, 9.17) is 27.9 Å². The molecule has 10 nitrogen and oxygen atoms in total. The van der Waals surface area contributed by atoms with E-state index in [1.54, 1.807) is 6.92 Å². The second kappa shape index (κ2) is 8.05. The van der Waals surface area contributed by atoms with E-state index in [-0.39, 0.29) is 35.3 Å². The first-order chi connectivity index (χ1) is 12.9. The lowest BCUT2D eigenvalue weighted by Gasteiger charge is -2.24. The van der Waals surface area contributed by atoms with Crippen molar-refractivity contribution < 1.29 is 14.5 Å². The fraction of sp³-hybridized carbons (Fsp3) is 0.467. The number of ether oxygens (including phenoxy) is 1. The predicted molar refractivity (Wildman–Crippen MR) is 97.6 cm³/mol. The number of anilines is 1. The Hall–Kier alpha value is -2.46. The van der Waals surface area contributed by atoms with Crippen molar-refractivity contribution in [1.82, 2.24) is 19.7 Å². The fourth-order valence-electron chi connectivity index (χ4n) is 2.70. The molecule has 1 saturated carbocycles. The lowest BCUT2D eigenvalue weighted by atomic mass is 9.91. The standard InChI is InChI=1S/C15H16Cl2N6O4/c1-8-12(23(25)26)14(21-22(8)9-5-10(24)6-9)27-4-2-3-18-13-11(16)7-19-15(17)20-13/h7,9H,2-6H2,1H3,(H,18,19,20). The van der Waals surface area contributed by atoms with E-state index in [2.05, 4.69) is 20.4 Å². The Morgan fingerprint density at radius 1 is 1.44 bits per heavy atom. The first-order valence-corrected chi connectivity index (χ1v) is 8.92. The van der Waals surface area contributed by atoms with Gasteiger partial charge in [-0.2, -0.15) is 4.98 Å². The molecule has 0 amide bonds. The minimum absolute atomic E-state index is 0.0417. The van der Waals surface area contributed by atoms with Crippen LogP contribution < -0.4 is 10.1 Å². The number of nitrogens with zero attached hydrogens (tertiary/aromatic N) is 5. The van der Waals surface area contributed by atoms with Crippen LogP contribution in [0.1, 0.15) is 31.0 Å². The van der Waals surface area contributed by atoms with Crippen LogP contribution in [0.2, 0.25) is 10.3 Å². The van der Waals surface area contributed by atoms with Crippen molar-refractivity contribution in [1.29, 1.82) is 0 Å². The van der Waals surface area contributed by atoms with Gasteiger partial charge < -0.3 is 10.1 Å². The van der Waals surface area contributed by atoms with Crippen molar-refractivity contribution in [3.8, 4) is 5.88 Å². The summed E-state index contributed by atoms with van der Waals surface area (Å²) in [6.07, 6.45) is 2.58. The largest absolute Gasteiger partial charge is 0.472 e. The predicted octanol–water partition coefficient (Wildman–Crippen LogP) is 2.98. The van der Waals surface area contributed by atoms with Crippen LogP contribution >= 0.6 is 23.2 Å². The van der Waals surface area contributed by atoms with E-state index >= 15 is 0 Å². The van der Waals surface area contributed by atoms with Crippen molar-refractivity contribution in [2.75, 3.05) is 18.5 Å². The summed E-state index contributed by atoms with van der Waals surface area (Å²) in [5, 5.41) is 18.9. The summed E-state index contributed by atoms with van der Waals surface area (Å²) in [5.74, 6) is 0.479. The summed E-state index contributed by atoms with van der Waals surface area (Å²) in [6.45, 7) is 2.26. The van der Waals surface area contributed by atoms with Gasteiger partial charge in [-0.25, -0.2) is 4.98 Å². The minimum Gasteiger partial charge on any atom is -0.472 e. The lowest BCUT2D eigenvalue weighted by molar-refractivity contribution is -0.386. The van der Waals surface area contributed by atoms with Crippen LogP contribution in [0.5, 0.6) is 5.88 Å². The van der Waals surface area contributed by atoms with Gasteiger partial charge in [-0.05, 0) is 24.9 Å². The monoisotopic (exact) mass is 414 g/mol. The molecular formula is C15H16Cl2N6O4. The Morgan fingerprint density at radius 2 is 2.19 bits per heavy atom. The van der Waals surface area contributed by atoms with Gasteiger partial charge in [-0.3, -0.25) is 19.6 Å². The zero-order valence-electron chi connectivity index (χ0n) is 14.3. The number of halogens is 2. The number of nitrogens with one attached hydrogen (secondary N) is 1. The van der Waals surface area contributed by atoms with Crippen LogP contribution in [0.15, 0.2) is 6.20 Å². The van der Waals surface area contributed by atoms with Crippen LogP contribution in [0.25, 0.3) is 0 Å². The number of nitro groups is 1. The molecule has 144 valence electrons. The Bertz CT molecular complexity index is 879. The van der Waals surface area contributed by atoms with Crippen LogP contribution in [-0.4, -0.2) is 43.6 Å². The molecule has 2 aromatic heterocycles. The molecule has 1 N–H and O–H groups in total. The van der Waals surface area contributed by atoms with Crippen molar-refractivity contribution in [3.05, 3.63) is 32.3 Å². The third-order valence-corrected chi connectivity index (χ3v) is 4.57. The molecule has 0 bridgehead atoms. The van der Waals surface area contributed by atoms with E-state index in [1.807, 2.05) is 0 Å². The number of hydrogen-bond acceptors (Lipinski definition) is 8. The first kappa shape index (κ1) is 19.3. The molecule has 1 fully saturated rings. The average molecular weight is 415 g/mol. The van der Waals surface area contributed by atoms with Gasteiger partial charge in [0.15, 0.2) is 0 Å². The number of hydrogen-bond donors (Lipinski definition) is 1. The molecular weight excluding hydrogens is 399 g/mol. The Labute approximate surface area is 164 Å². The van der Waals surface area contributed by atoms with E-state index in [1.165, 1.54) is 10.9 Å². The number of ketones is 1. The number of carbonyl (C=O) groups is 1. The zero-order chi connectivity index (χ0) is 19.6. The lowest BCUT2D eigenvalue weighted by Crippen LogP contribution is -2.28. The fourth-order valence-corrected chi connectivity index (χ4v) is 2.99. The second-order valence-corrected chi connectivity index (χ2v) is 6.75. The molecule has 12 heteroatoms. The molecule has 3 rings (SSSR count). The Balaban J connectivity index is 1.57. The molecule has 2 aromatic rings. The van der Waals surface area contributed by atoms with Crippen LogP contribution in [0.4, 0.5) is 11.5 Å². The van der Waals surface area contributed by atoms with Crippen molar-refractivity contribution in [2.45, 2.75) is 32.2 Å². The van der Waals surface area contributed by atoms with Gasteiger partial charge in [-0.1, -0.05) is 11.6 Å². The highest BCUT2D eigenvalue weighted by Gasteiger charge is 2.35. The summed E-state index contributed by atoms with van der Waals surface area (Å²) in [4.78, 5) is 29.7. The summed E-state index contributed by atoms with van der Waals surface area (Å²) >= 11 is 11.7. The Morgan fingerprint density at radius 3 is 2.85 bits per heavy atom. The summed E-state index contributed by atoms with van der Waals surface area (Å²) in [5.41, 5.74) is 0.209. The summed E-state index contributed by atoms with van der Waals surface area (Å²) in [6, 6.07) is -0.139. The third-order valence-electron chi connectivity index (χ3n) is 4.11. The topological polar surface area (TPSA) is 125 Å². The highest BCUT2D eigenvalue weighted by atomic mass is 35.5. The first-order valence-electron chi connectivity index (χ1n) is 8.16. The van der Waals surface area contributed by atoms with Gasteiger partial charge in [-0.15, -0.1) is 5.10 Å². The number of Topliss-reactive ketones (excluding diaryl/α,β-unsaturated/α-hetero) is 1. The van der Waals surface area contributed by atoms with Gasteiger partial charge in [0.2, 0.25) is 5.28 Å². The molecule has 27 heavy (non-hydrogen) atoms. The van der Waals surface area contributed by atoms with Gasteiger partial charge in [0.1, 0.15) is 22.3 Å². The summed E-state index contributed by atoms with van der Waals surface area (Å²) in [7, 11) is 0. The molecule has 0 atom stereocenters. The highest BCUT2D eigenvalue weighted by molar-refractivity contribution is 6.33. The molecule has 1 aliphatic rings. The van der Waals surface area contributed by atoms with Crippen molar-refractivity contribution in [2.24, 2.45) is 0 Å². The highest BCUT2D eigenvalue weighted by Crippen LogP contribution is 2.36. The smallest absolute Gasteiger partial charge is 0.352 e. The normalized spacial score (nSPS) is 14.1. The molecule has 1 aliphatic carbocycles. The van der Waals surface area contributed by atoms with Crippen molar-refractivity contribution >= 4 is 40.5 Å².